The summed E-state index contributed by atoms with van der Waals surface area (Å²) in [6.45, 7) is 15.9. The lowest BCUT2D eigenvalue weighted by Crippen LogP contribution is -2.39. The van der Waals surface area contributed by atoms with Gasteiger partial charge in [0, 0.05) is 5.92 Å². The first-order valence-corrected chi connectivity index (χ1v) is 11.3. The second-order valence-electron chi connectivity index (χ2n) is 9.47. The highest BCUT2D eigenvalue weighted by molar-refractivity contribution is 5.61. The van der Waals surface area contributed by atoms with Crippen LogP contribution in [-0.4, -0.2) is 0 Å². The largest absolute Gasteiger partial charge is 0.0617 e. The van der Waals surface area contributed by atoms with Crippen molar-refractivity contribution >= 4 is 0 Å². The summed E-state index contributed by atoms with van der Waals surface area (Å²) in [7, 11) is 0. The number of allylic oxidation sites excluding steroid dienone is 4. The number of aryl methyl sites for hydroxylation is 3. The van der Waals surface area contributed by atoms with Gasteiger partial charge in [0.1, 0.15) is 0 Å². The molecule has 31 heavy (non-hydrogen) atoms. The van der Waals surface area contributed by atoms with Crippen LogP contribution in [0.5, 0.6) is 0 Å². The van der Waals surface area contributed by atoms with Crippen molar-refractivity contribution < 1.29 is 0 Å². The van der Waals surface area contributed by atoms with Crippen LogP contribution < -0.4 is 0 Å². The first-order valence-electron chi connectivity index (χ1n) is 11.3. The Kier molecular flexibility index (Phi) is 5.52. The molecular formula is C31H34. The summed E-state index contributed by atoms with van der Waals surface area (Å²) in [6.07, 6.45) is 0. The van der Waals surface area contributed by atoms with Crippen molar-refractivity contribution in [3.05, 3.63) is 128 Å². The van der Waals surface area contributed by atoms with Gasteiger partial charge in [-0.3, -0.25) is 0 Å². The molecule has 3 aromatic carbocycles. The highest BCUT2D eigenvalue weighted by Gasteiger charge is 2.47. The van der Waals surface area contributed by atoms with Gasteiger partial charge in [0.05, 0.1) is 5.41 Å². The normalized spacial score (nSPS) is 15.2. The SMILES string of the molecule is CC1=C(C)C(C(c2cccc(C)c2)(c2cccc(C)c2)c2cccc(C)c2)C(C)=C1C. The summed E-state index contributed by atoms with van der Waals surface area (Å²) in [5.41, 5.74) is 13.6. The Labute approximate surface area is 188 Å². The lowest BCUT2D eigenvalue weighted by Gasteiger charge is -2.43. The highest BCUT2D eigenvalue weighted by Crippen LogP contribution is 2.55. The summed E-state index contributed by atoms with van der Waals surface area (Å²) in [4.78, 5) is 0. The fourth-order valence-electron chi connectivity index (χ4n) is 5.67. The van der Waals surface area contributed by atoms with Crippen LogP contribution in [0.2, 0.25) is 0 Å². The van der Waals surface area contributed by atoms with Gasteiger partial charge in [0.25, 0.3) is 0 Å². The molecule has 0 aliphatic heterocycles. The fourth-order valence-corrected chi connectivity index (χ4v) is 5.67. The molecule has 158 valence electrons. The van der Waals surface area contributed by atoms with Crippen molar-refractivity contribution in [1.82, 2.24) is 0 Å². The van der Waals surface area contributed by atoms with Gasteiger partial charge in [-0.05, 0) is 76.3 Å². The van der Waals surface area contributed by atoms with E-state index in [9.17, 15) is 0 Å². The minimum absolute atomic E-state index is 0.281. The van der Waals surface area contributed by atoms with Crippen molar-refractivity contribution in [2.24, 2.45) is 5.92 Å². The topological polar surface area (TPSA) is 0 Å². The number of rotatable bonds is 4. The average Bonchev–Trinajstić information content (AvgIpc) is 2.93. The molecule has 0 radical (unpaired) electrons. The summed E-state index contributed by atoms with van der Waals surface area (Å²) in [6, 6.07) is 27.5. The third-order valence-corrected chi connectivity index (χ3v) is 7.46. The molecule has 0 N–H and O–H groups in total. The monoisotopic (exact) mass is 406 g/mol. The van der Waals surface area contributed by atoms with Crippen LogP contribution in [0.4, 0.5) is 0 Å². The van der Waals surface area contributed by atoms with Crippen molar-refractivity contribution in [3.63, 3.8) is 0 Å². The van der Waals surface area contributed by atoms with Gasteiger partial charge in [0.2, 0.25) is 0 Å². The lowest BCUT2D eigenvalue weighted by molar-refractivity contribution is 0.484. The Morgan fingerprint density at radius 1 is 0.484 bits per heavy atom. The van der Waals surface area contributed by atoms with Crippen LogP contribution >= 0.6 is 0 Å². The Morgan fingerprint density at radius 3 is 1.10 bits per heavy atom. The molecule has 0 aromatic heterocycles. The second kappa shape index (κ2) is 8.00. The van der Waals surface area contributed by atoms with E-state index in [0.29, 0.717) is 0 Å². The first kappa shape index (κ1) is 21.4. The molecule has 0 saturated carbocycles. The Balaban J connectivity index is 2.21. The maximum absolute atomic E-state index is 2.40. The fraction of sp³-hybridized carbons (Fsp3) is 0.290. The van der Waals surface area contributed by atoms with Crippen LogP contribution in [0, 0.1) is 26.7 Å². The lowest BCUT2D eigenvalue weighted by atomic mass is 9.58. The molecule has 1 aliphatic carbocycles. The van der Waals surface area contributed by atoms with Crippen LogP contribution in [0.3, 0.4) is 0 Å². The van der Waals surface area contributed by atoms with Gasteiger partial charge in [-0.2, -0.15) is 0 Å². The van der Waals surface area contributed by atoms with Crippen LogP contribution in [0.15, 0.2) is 95.1 Å². The summed E-state index contributed by atoms with van der Waals surface area (Å²) in [5, 5.41) is 0. The molecule has 0 amide bonds. The van der Waals surface area contributed by atoms with E-state index in [0.717, 1.165) is 0 Å². The van der Waals surface area contributed by atoms with E-state index in [1.165, 1.54) is 55.7 Å². The zero-order valence-electron chi connectivity index (χ0n) is 20.0. The molecule has 3 aromatic rings. The van der Waals surface area contributed by atoms with E-state index < -0.39 is 0 Å². The smallest absolute Gasteiger partial charge is 0.0554 e. The quantitative estimate of drug-likeness (QED) is 0.383. The Bertz CT molecular complexity index is 1070. The minimum Gasteiger partial charge on any atom is -0.0617 e. The molecule has 1 aliphatic rings. The first-order chi connectivity index (χ1) is 14.8. The highest BCUT2D eigenvalue weighted by atomic mass is 14.5. The third kappa shape index (κ3) is 3.39. The van der Waals surface area contributed by atoms with Gasteiger partial charge in [0.15, 0.2) is 0 Å². The van der Waals surface area contributed by atoms with Crippen LogP contribution in [0.25, 0.3) is 0 Å². The van der Waals surface area contributed by atoms with Crippen molar-refractivity contribution in [2.45, 2.75) is 53.9 Å². The van der Waals surface area contributed by atoms with E-state index in [4.69, 9.17) is 0 Å². The van der Waals surface area contributed by atoms with E-state index in [2.05, 4.69) is 121 Å². The molecule has 0 heteroatoms. The summed E-state index contributed by atoms with van der Waals surface area (Å²) >= 11 is 0. The molecule has 0 nitrogen and oxygen atoms in total. The van der Waals surface area contributed by atoms with Gasteiger partial charge in [-0.25, -0.2) is 0 Å². The molecule has 0 unspecified atom stereocenters. The van der Waals surface area contributed by atoms with Gasteiger partial charge >= 0.3 is 0 Å². The van der Waals surface area contributed by atoms with Gasteiger partial charge in [-0.1, -0.05) is 101 Å². The minimum atomic E-state index is -0.281. The molecule has 4 rings (SSSR count). The van der Waals surface area contributed by atoms with Crippen molar-refractivity contribution in [1.29, 1.82) is 0 Å². The summed E-state index contributed by atoms with van der Waals surface area (Å²) < 4.78 is 0. The molecule has 0 fully saturated rings. The van der Waals surface area contributed by atoms with Crippen molar-refractivity contribution in [2.75, 3.05) is 0 Å². The standard InChI is InChI=1S/C31H34/c1-20-11-8-14-27(17-20)31(28-15-9-12-21(2)18-28,29-16-10-13-22(3)19-29)30-25(6)23(4)24(5)26(30)7/h8-19,30H,1-7H3. The van der Waals surface area contributed by atoms with E-state index in [1.807, 2.05) is 0 Å². The van der Waals surface area contributed by atoms with Crippen molar-refractivity contribution in [3.8, 4) is 0 Å². The molecule has 0 saturated heterocycles. The number of hydrogen-bond donors (Lipinski definition) is 0. The molecule has 0 heterocycles. The maximum Gasteiger partial charge on any atom is 0.0554 e. The molecule has 0 atom stereocenters. The van der Waals surface area contributed by atoms with E-state index >= 15 is 0 Å². The van der Waals surface area contributed by atoms with E-state index in [1.54, 1.807) is 0 Å². The Morgan fingerprint density at radius 2 is 0.806 bits per heavy atom. The van der Waals surface area contributed by atoms with Crippen LogP contribution in [-0.2, 0) is 5.41 Å². The number of benzene rings is 3. The second-order valence-corrected chi connectivity index (χ2v) is 9.47. The molecular weight excluding hydrogens is 372 g/mol. The van der Waals surface area contributed by atoms with Crippen LogP contribution in [0.1, 0.15) is 61.1 Å². The zero-order valence-corrected chi connectivity index (χ0v) is 20.0. The van der Waals surface area contributed by atoms with Gasteiger partial charge < -0.3 is 0 Å². The summed E-state index contributed by atoms with van der Waals surface area (Å²) in [5.74, 6) is 0.290. The molecule has 0 bridgehead atoms. The predicted molar refractivity (Wildman–Crippen MR) is 134 cm³/mol. The number of hydrogen-bond acceptors (Lipinski definition) is 0. The molecule has 0 spiro atoms. The Hall–Kier alpha value is -2.86. The van der Waals surface area contributed by atoms with E-state index in [-0.39, 0.29) is 11.3 Å². The third-order valence-electron chi connectivity index (χ3n) is 7.46. The average molecular weight is 407 g/mol. The maximum atomic E-state index is 2.40. The zero-order chi connectivity index (χ0) is 22.3. The van der Waals surface area contributed by atoms with Gasteiger partial charge in [-0.15, -0.1) is 0 Å². The predicted octanol–water partition coefficient (Wildman–Crippen LogP) is 8.25.